The van der Waals surface area contributed by atoms with Crippen LogP contribution in [0.3, 0.4) is 0 Å². The third kappa shape index (κ3) is 3.59. The highest BCUT2D eigenvalue weighted by atomic mass is 16.3. The topological polar surface area (TPSA) is 26.0 Å². The molecule has 25 heavy (non-hydrogen) atoms. The summed E-state index contributed by atoms with van der Waals surface area (Å²) in [5, 5.41) is 0. The molecule has 0 saturated carbocycles. The Bertz CT molecular complexity index is 992. The molecule has 0 atom stereocenters. The molecule has 3 aromatic carbocycles. The number of oxazole rings is 1. The largest absolute Gasteiger partial charge is 0.436 e. The molecule has 4 aromatic rings. The van der Waals surface area contributed by atoms with Crippen LogP contribution in [-0.2, 0) is 0 Å². The van der Waals surface area contributed by atoms with E-state index in [4.69, 9.17) is 4.42 Å². The molecule has 1 aromatic heterocycles. The molecule has 0 fully saturated rings. The van der Waals surface area contributed by atoms with Crippen molar-refractivity contribution >= 4 is 23.3 Å². The van der Waals surface area contributed by atoms with Crippen LogP contribution in [0.1, 0.15) is 11.1 Å². The molecule has 1 heterocycles. The molecule has 0 unspecified atom stereocenters. The zero-order valence-electron chi connectivity index (χ0n) is 13.7. The van der Waals surface area contributed by atoms with E-state index in [0.29, 0.717) is 5.89 Å². The van der Waals surface area contributed by atoms with Crippen LogP contribution >= 0.6 is 0 Å². The molecule has 0 aliphatic rings. The number of para-hydroxylation sites is 2. The number of benzene rings is 3. The van der Waals surface area contributed by atoms with E-state index >= 15 is 0 Å². The number of fused-ring (bicyclic) bond motifs is 1. The molecule has 0 aliphatic heterocycles. The van der Waals surface area contributed by atoms with Crippen LogP contribution < -0.4 is 0 Å². The van der Waals surface area contributed by atoms with Gasteiger partial charge in [-0.25, -0.2) is 4.98 Å². The molecule has 120 valence electrons. The minimum absolute atomic E-state index is 0.653. The Morgan fingerprint density at radius 2 is 1.28 bits per heavy atom. The first-order chi connectivity index (χ1) is 12.4. The summed E-state index contributed by atoms with van der Waals surface area (Å²) in [6.07, 6.45) is 8.25. The predicted octanol–water partition coefficient (Wildman–Crippen LogP) is 6.22. The Labute approximate surface area is 146 Å². The Hall–Kier alpha value is -3.39. The lowest BCUT2D eigenvalue weighted by molar-refractivity contribution is 0.620. The molecule has 4 rings (SSSR count). The van der Waals surface area contributed by atoms with Gasteiger partial charge in [0.15, 0.2) is 5.58 Å². The van der Waals surface area contributed by atoms with E-state index in [1.807, 2.05) is 66.7 Å². The fraction of sp³-hybridized carbons (Fsp3) is 0. The van der Waals surface area contributed by atoms with Gasteiger partial charge in [-0.05, 0) is 35.4 Å². The van der Waals surface area contributed by atoms with E-state index in [-0.39, 0.29) is 0 Å². The second-order valence-electron chi connectivity index (χ2n) is 5.74. The van der Waals surface area contributed by atoms with Crippen molar-refractivity contribution in [3.8, 4) is 11.5 Å². The summed E-state index contributed by atoms with van der Waals surface area (Å²) in [6.45, 7) is 0. The van der Waals surface area contributed by atoms with Gasteiger partial charge in [0.05, 0.1) is 0 Å². The molecule has 0 aliphatic carbocycles. The van der Waals surface area contributed by atoms with Gasteiger partial charge in [0.25, 0.3) is 0 Å². The standard InChI is InChI=1S/C23H17NO/c1-2-8-18(9-3-1)10-4-5-11-19-14-16-20(17-15-19)23-24-21-12-6-7-13-22(21)25-23/h1-17H. The van der Waals surface area contributed by atoms with E-state index in [1.165, 1.54) is 5.56 Å². The average Bonchev–Trinajstić information content (AvgIpc) is 3.11. The second-order valence-corrected chi connectivity index (χ2v) is 5.74. The lowest BCUT2D eigenvalue weighted by Gasteiger charge is -1.96. The monoisotopic (exact) mass is 323 g/mol. The normalized spacial score (nSPS) is 11.7. The van der Waals surface area contributed by atoms with Gasteiger partial charge < -0.3 is 4.42 Å². The first kappa shape index (κ1) is 15.2. The highest BCUT2D eigenvalue weighted by Gasteiger charge is 2.06. The Kier molecular flexibility index (Phi) is 4.25. The number of allylic oxidation sites excluding steroid dienone is 2. The Morgan fingerprint density at radius 1 is 0.640 bits per heavy atom. The van der Waals surface area contributed by atoms with E-state index < -0.39 is 0 Å². The van der Waals surface area contributed by atoms with E-state index in [2.05, 4.69) is 41.4 Å². The summed E-state index contributed by atoms with van der Waals surface area (Å²) in [7, 11) is 0. The van der Waals surface area contributed by atoms with Crippen molar-refractivity contribution in [2.24, 2.45) is 0 Å². The number of hydrogen-bond acceptors (Lipinski definition) is 2. The number of aromatic nitrogens is 1. The molecule has 0 amide bonds. The molecule has 0 N–H and O–H groups in total. The van der Waals surface area contributed by atoms with Crippen molar-refractivity contribution in [2.75, 3.05) is 0 Å². The average molecular weight is 323 g/mol. The molecule has 0 radical (unpaired) electrons. The van der Waals surface area contributed by atoms with Gasteiger partial charge in [-0.1, -0.05) is 78.9 Å². The van der Waals surface area contributed by atoms with Gasteiger partial charge in [-0.2, -0.15) is 0 Å². The highest BCUT2D eigenvalue weighted by molar-refractivity contribution is 5.76. The summed E-state index contributed by atoms with van der Waals surface area (Å²) < 4.78 is 5.80. The smallest absolute Gasteiger partial charge is 0.227 e. The lowest BCUT2D eigenvalue weighted by Crippen LogP contribution is -1.78. The first-order valence-electron chi connectivity index (χ1n) is 8.24. The van der Waals surface area contributed by atoms with Crippen molar-refractivity contribution < 1.29 is 4.42 Å². The van der Waals surface area contributed by atoms with E-state index in [0.717, 1.165) is 22.2 Å². The summed E-state index contributed by atoms with van der Waals surface area (Å²) in [6, 6.07) is 26.3. The van der Waals surface area contributed by atoms with Crippen LogP contribution in [0.15, 0.2) is 95.4 Å². The van der Waals surface area contributed by atoms with Crippen molar-refractivity contribution in [2.45, 2.75) is 0 Å². The van der Waals surface area contributed by atoms with Crippen LogP contribution in [0.25, 0.3) is 34.7 Å². The van der Waals surface area contributed by atoms with Crippen molar-refractivity contribution in [1.82, 2.24) is 4.98 Å². The Morgan fingerprint density at radius 3 is 2.00 bits per heavy atom. The maximum absolute atomic E-state index is 5.80. The van der Waals surface area contributed by atoms with Gasteiger partial charge in [-0.15, -0.1) is 0 Å². The van der Waals surface area contributed by atoms with Crippen molar-refractivity contribution in [1.29, 1.82) is 0 Å². The minimum Gasteiger partial charge on any atom is -0.436 e. The van der Waals surface area contributed by atoms with E-state index in [9.17, 15) is 0 Å². The van der Waals surface area contributed by atoms with Gasteiger partial charge >= 0.3 is 0 Å². The maximum Gasteiger partial charge on any atom is 0.227 e. The second kappa shape index (κ2) is 7.02. The zero-order chi connectivity index (χ0) is 16.9. The summed E-state index contributed by atoms with van der Waals surface area (Å²) in [4.78, 5) is 4.53. The molecular weight excluding hydrogens is 306 g/mol. The molecule has 0 spiro atoms. The summed E-state index contributed by atoms with van der Waals surface area (Å²) in [5.41, 5.74) is 5.00. The van der Waals surface area contributed by atoms with Gasteiger partial charge in [0.1, 0.15) is 5.52 Å². The van der Waals surface area contributed by atoms with Crippen LogP contribution in [0.2, 0.25) is 0 Å². The van der Waals surface area contributed by atoms with Crippen molar-refractivity contribution in [3.05, 3.63) is 102 Å². The molecule has 0 bridgehead atoms. The summed E-state index contributed by atoms with van der Waals surface area (Å²) >= 11 is 0. The van der Waals surface area contributed by atoms with Crippen LogP contribution in [0.5, 0.6) is 0 Å². The third-order valence-corrected chi connectivity index (χ3v) is 3.94. The molecule has 0 saturated heterocycles. The molecule has 2 nitrogen and oxygen atoms in total. The maximum atomic E-state index is 5.80. The van der Waals surface area contributed by atoms with Crippen LogP contribution in [0.4, 0.5) is 0 Å². The quantitative estimate of drug-likeness (QED) is 0.417. The zero-order valence-corrected chi connectivity index (χ0v) is 13.7. The summed E-state index contributed by atoms with van der Waals surface area (Å²) in [5.74, 6) is 0.653. The van der Waals surface area contributed by atoms with Gasteiger partial charge in [0.2, 0.25) is 5.89 Å². The van der Waals surface area contributed by atoms with Gasteiger partial charge in [0, 0.05) is 5.56 Å². The number of rotatable bonds is 4. The third-order valence-electron chi connectivity index (χ3n) is 3.94. The number of nitrogens with zero attached hydrogens (tertiary/aromatic N) is 1. The molecular formula is C23H17NO. The lowest BCUT2D eigenvalue weighted by atomic mass is 10.1. The van der Waals surface area contributed by atoms with E-state index in [1.54, 1.807) is 0 Å². The predicted molar refractivity (Wildman–Crippen MR) is 104 cm³/mol. The van der Waals surface area contributed by atoms with Crippen molar-refractivity contribution in [3.63, 3.8) is 0 Å². The fourth-order valence-electron chi connectivity index (χ4n) is 2.63. The molecule has 2 heteroatoms. The van der Waals surface area contributed by atoms with Crippen LogP contribution in [-0.4, -0.2) is 4.98 Å². The first-order valence-corrected chi connectivity index (χ1v) is 8.24. The minimum atomic E-state index is 0.653. The highest BCUT2D eigenvalue weighted by Crippen LogP contribution is 2.24. The number of hydrogen-bond donors (Lipinski definition) is 0. The SMILES string of the molecule is C(C=Cc1ccc(-c2nc3ccccc3o2)cc1)=Cc1ccccc1. The van der Waals surface area contributed by atoms with Crippen LogP contribution in [0, 0.1) is 0 Å². The fourth-order valence-corrected chi connectivity index (χ4v) is 2.63. The Balaban J connectivity index is 1.48. The van der Waals surface area contributed by atoms with Gasteiger partial charge in [-0.3, -0.25) is 0 Å².